The van der Waals surface area contributed by atoms with Gasteiger partial charge >= 0.3 is 5.97 Å². The summed E-state index contributed by atoms with van der Waals surface area (Å²) in [6.07, 6.45) is 0.832. The van der Waals surface area contributed by atoms with Crippen LogP contribution in [0.4, 0.5) is 0 Å². The van der Waals surface area contributed by atoms with Crippen molar-refractivity contribution in [3.63, 3.8) is 0 Å². The van der Waals surface area contributed by atoms with Crippen molar-refractivity contribution in [2.24, 2.45) is 5.41 Å². The Labute approximate surface area is 138 Å². The number of carbonyl (C=O) groups is 2. The molecule has 0 aromatic heterocycles. The van der Waals surface area contributed by atoms with Crippen LogP contribution in [0.25, 0.3) is 0 Å². The van der Waals surface area contributed by atoms with Crippen LogP contribution < -0.4 is 5.32 Å². The molecular formula is C15H14Cl2N2O3. The number of nitriles is 1. The van der Waals surface area contributed by atoms with Gasteiger partial charge < -0.3 is 10.1 Å². The second kappa shape index (κ2) is 6.55. The first-order valence-electron chi connectivity index (χ1n) is 6.78. The van der Waals surface area contributed by atoms with Crippen molar-refractivity contribution < 1.29 is 14.3 Å². The summed E-state index contributed by atoms with van der Waals surface area (Å²) < 4.78 is 4.92. The van der Waals surface area contributed by atoms with Gasteiger partial charge in [-0.1, -0.05) is 35.3 Å². The first-order valence-corrected chi connectivity index (χ1v) is 7.53. The Morgan fingerprint density at radius 2 is 2.14 bits per heavy atom. The van der Waals surface area contributed by atoms with E-state index in [9.17, 15) is 14.9 Å². The quantitative estimate of drug-likeness (QED) is 0.660. The third-order valence-corrected chi connectivity index (χ3v) is 4.38. The zero-order chi connectivity index (χ0) is 16.3. The van der Waals surface area contributed by atoms with Crippen LogP contribution in [0.2, 0.25) is 10.0 Å². The van der Waals surface area contributed by atoms with Gasteiger partial charge in [0.25, 0.3) is 0 Å². The van der Waals surface area contributed by atoms with Gasteiger partial charge in [0.1, 0.15) is 11.5 Å². The molecule has 1 aliphatic rings. The maximum Gasteiger partial charge on any atom is 0.321 e. The summed E-state index contributed by atoms with van der Waals surface area (Å²) in [7, 11) is 0. The number of carbonyl (C=O) groups excluding carboxylic acids is 2. The van der Waals surface area contributed by atoms with Crippen LogP contribution in [0.1, 0.15) is 31.4 Å². The summed E-state index contributed by atoms with van der Waals surface area (Å²) in [6.45, 7) is 1.88. The molecule has 0 radical (unpaired) electrons. The minimum Gasteiger partial charge on any atom is -0.465 e. The largest absolute Gasteiger partial charge is 0.465 e. The summed E-state index contributed by atoms with van der Waals surface area (Å²) in [5.74, 6) is -1.07. The minimum absolute atomic E-state index is 0.204. The predicted molar refractivity (Wildman–Crippen MR) is 81.3 cm³/mol. The van der Waals surface area contributed by atoms with E-state index in [1.807, 2.05) is 6.07 Å². The molecule has 0 aliphatic heterocycles. The third kappa shape index (κ3) is 3.03. The molecule has 0 unspecified atom stereocenters. The fourth-order valence-corrected chi connectivity index (χ4v) is 2.53. The highest BCUT2D eigenvalue weighted by atomic mass is 35.5. The van der Waals surface area contributed by atoms with E-state index in [0.717, 1.165) is 0 Å². The third-order valence-electron chi connectivity index (χ3n) is 3.55. The number of amides is 1. The van der Waals surface area contributed by atoms with Gasteiger partial charge in [0.05, 0.1) is 22.7 Å². The monoisotopic (exact) mass is 340 g/mol. The average molecular weight is 341 g/mol. The summed E-state index contributed by atoms with van der Waals surface area (Å²) in [4.78, 5) is 24.2. The summed E-state index contributed by atoms with van der Waals surface area (Å²) in [5, 5.41) is 12.3. The SMILES string of the molecule is CCOC(=O)C1(C(=O)N[C@H](C#N)c2cccc(Cl)c2Cl)CC1. The van der Waals surface area contributed by atoms with Crippen LogP contribution >= 0.6 is 23.2 Å². The molecule has 22 heavy (non-hydrogen) atoms. The van der Waals surface area contributed by atoms with Crippen molar-refractivity contribution >= 4 is 35.1 Å². The van der Waals surface area contributed by atoms with Crippen molar-refractivity contribution in [3.8, 4) is 6.07 Å². The van der Waals surface area contributed by atoms with E-state index in [2.05, 4.69) is 5.32 Å². The second-order valence-corrected chi connectivity index (χ2v) is 5.77. The molecule has 1 fully saturated rings. The Hall–Kier alpha value is -1.77. The van der Waals surface area contributed by atoms with E-state index in [1.54, 1.807) is 25.1 Å². The minimum atomic E-state index is -1.17. The highest BCUT2D eigenvalue weighted by Crippen LogP contribution is 2.47. The summed E-state index contributed by atoms with van der Waals surface area (Å²) in [6, 6.07) is 5.81. The first-order chi connectivity index (χ1) is 10.5. The van der Waals surface area contributed by atoms with Gasteiger partial charge in [0.15, 0.2) is 0 Å². The molecule has 1 saturated carbocycles. The van der Waals surface area contributed by atoms with Crippen molar-refractivity contribution in [1.29, 1.82) is 5.26 Å². The Bertz CT molecular complexity index is 651. The van der Waals surface area contributed by atoms with E-state index in [1.165, 1.54) is 0 Å². The Morgan fingerprint density at radius 3 is 2.68 bits per heavy atom. The fraction of sp³-hybridized carbons (Fsp3) is 0.400. The lowest BCUT2D eigenvalue weighted by Gasteiger charge is -2.18. The van der Waals surface area contributed by atoms with E-state index in [4.69, 9.17) is 27.9 Å². The highest BCUT2D eigenvalue weighted by molar-refractivity contribution is 6.42. The van der Waals surface area contributed by atoms with Gasteiger partial charge in [-0.05, 0) is 25.8 Å². The molecule has 0 heterocycles. The van der Waals surface area contributed by atoms with Crippen LogP contribution in [0.15, 0.2) is 18.2 Å². The van der Waals surface area contributed by atoms with Crippen molar-refractivity contribution in [1.82, 2.24) is 5.32 Å². The second-order valence-electron chi connectivity index (χ2n) is 4.98. The summed E-state index contributed by atoms with van der Waals surface area (Å²) in [5.41, 5.74) is -0.777. The number of rotatable bonds is 5. The topological polar surface area (TPSA) is 79.2 Å². The number of halogens is 2. The molecule has 1 amide bonds. The first kappa shape index (κ1) is 16.6. The van der Waals surface area contributed by atoms with Gasteiger partial charge in [-0.25, -0.2) is 0 Å². The molecule has 0 spiro atoms. The number of esters is 1. The maximum absolute atomic E-state index is 12.3. The Morgan fingerprint density at radius 1 is 1.45 bits per heavy atom. The van der Waals surface area contributed by atoms with Gasteiger partial charge in [0, 0.05) is 5.56 Å². The number of hydrogen-bond donors (Lipinski definition) is 1. The lowest BCUT2D eigenvalue weighted by molar-refractivity contribution is -0.154. The molecule has 0 bridgehead atoms. The number of ether oxygens (including phenoxy) is 1. The molecular weight excluding hydrogens is 327 g/mol. The number of benzene rings is 1. The van der Waals surface area contributed by atoms with Gasteiger partial charge in [-0.2, -0.15) is 5.26 Å². The van der Waals surface area contributed by atoms with E-state index in [0.29, 0.717) is 23.4 Å². The van der Waals surface area contributed by atoms with Crippen molar-refractivity contribution in [2.45, 2.75) is 25.8 Å². The van der Waals surface area contributed by atoms with E-state index >= 15 is 0 Å². The molecule has 1 aromatic rings. The van der Waals surface area contributed by atoms with Crippen LogP contribution in [0.3, 0.4) is 0 Å². The zero-order valence-electron chi connectivity index (χ0n) is 11.9. The highest BCUT2D eigenvalue weighted by Gasteiger charge is 2.58. The fourth-order valence-electron chi connectivity index (χ4n) is 2.11. The van der Waals surface area contributed by atoms with Crippen molar-refractivity contribution in [3.05, 3.63) is 33.8 Å². The lowest BCUT2D eigenvalue weighted by Crippen LogP contribution is -2.39. The summed E-state index contributed by atoms with van der Waals surface area (Å²) >= 11 is 12.0. The van der Waals surface area contributed by atoms with Gasteiger partial charge in [-0.15, -0.1) is 0 Å². The molecule has 1 N–H and O–H groups in total. The van der Waals surface area contributed by atoms with Crippen LogP contribution in [0.5, 0.6) is 0 Å². The predicted octanol–water partition coefficient (Wildman–Crippen LogP) is 3.02. The van der Waals surface area contributed by atoms with Crippen molar-refractivity contribution in [2.75, 3.05) is 6.61 Å². The number of nitrogens with one attached hydrogen (secondary N) is 1. The molecule has 1 aliphatic carbocycles. The van der Waals surface area contributed by atoms with Gasteiger partial charge in [0.2, 0.25) is 5.91 Å². The molecule has 1 aromatic carbocycles. The standard InChI is InChI=1S/C15H14Cl2N2O3/c1-2-22-14(21)15(6-7-15)13(20)19-11(8-18)9-4-3-5-10(16)12(9)17/h3-5,11H,2,6-7H2,1H3,(H,19,20)/t11-/m1/s1. The normalized spacial score (nSPS) is 16.3. The Kier molecular flexibility index (Phi) is 4.94. The molecule has 0 saturated heterocycles. The lowest BCUT2D eigenvalue weighted by atomic mass is 10.0. The maximum atomic E-state index is 12.3. The van der Waals surface area contributed by atoms with E-state index in [-0.39, 0.29) is 11.6 Å². The van der Waals surface area contributed by atoms with E-state index < -0.39 is 23.3 Å². The zero-order valence-corrected chi connectivity index (χ0v) is 13.4. The number of hydrogen-bond acceptors (Lipinski definition) is 4. The molecule has 116 valence electrons. The van der Waals surface area contributed by atoms with Crippen LogP contribution in [0, 0.1) is 16.7 Å². The smallest absolute Gasteiger partial charge is 0.321 e. The van der Waals surface area contributed by atoms with Gasteiger partial charge in [-0.3, -0.25) is 9.59 Å². The molecule has 5 nitrogen and oxygen atoms in total. The molecule has 1 atom stereocenters. The molecule has 2 rings (SSSR count). The van der Waals surface area contributed by atoms with Crippen LogP contribution in [-0.2, 0) is 14.3 Å². The number of nitrogens with zero attached hydrogens (tertiary/aromatic N) is 1. The average Bonchev–Trinajstić information content (AvgIpc) is 3.30. The molecule has 7 heteroatoms. The van der Waals surface area contributed by atoms with Crippen LogP contribution in [-0.4, -0.2) is 18.5 Å². The Balaban J connectivity index is 2.18.